The maximum absolute atomic E-state index is 12.8. The van der Waals surface area contributed by atoms with Crippen molar-refractivity contribution >= 4 is 33.3 Å². The smallest absolute Gasteiger partial charge is 0.224 e. The Hall–Kier alpha value is -2.31. The number of ketones is 1. The Kier molecular flexibility index (Phi) is 4.46. The first kappa shape index (κ1) is 16.2. The Bertz CT molecular complexity index is 916. The number of aryl methyl sites for hydroxylation is 1. The summed E-state index contributed by atoms with van der Waals surface area (Å²) in [6, 6.07) is 9.88. The summed E-state index contributed by atoms with van der Waals surface area (Å²) in [5.74, 6) is 0.663. The summed E-state index contributed by atoms with van der Waals surface area (Å²) in [7, 11) is 0. The topological polar surface area (TPSA) is 64.1 Å². The van der Waals surface area contributed by atoms with Gasteiger partial charge >= 0.3 is 0 Å². The third-order valence-electron chi connectivity index (χ3n) is 4.44. The number of carbonyl (C=O) groups excluding carboxylic acids is 1. The monoisotopic (exact) mass is 353 g/mol. The zero-order valence-electron chi connectivity index (χ0n) is 14.0. The maximum atomic E-state index is 12.8. The van der Waals surface area contributed by atoms with Crippen LogP contribution in [0.3, 0.4) is 0 Å². The summed E-state index contributed by atoms with van der Waals surface area (Å²) < 4.78 is 5.37. The Morgan fingerprint density at radius 1 is 1.28 bits per heavy atom. The summed E-state index contributed by atoms with van der Waals surface area (Å²) in [6.45, 7) is 3.50. The number of rotatable bonds is 4. The summed E-state index contributed by atoms with van der Waals surface area (Å²) in [5.41, 5.74) is 1.72. The maximum Gasteiger partial charge on any atom is 0.224 e. The largest absolute Gasteiger partial charge is 0.381 e. The molecule has 0 saturated carbocycles. The van der Waals surface area contributed by atoms with Gasteiger partial charge in [-0.2, -0.15) is 0 Å². The van der Waals surface area contributed by atoms with Crippen LogP contribution in [0.25, 0.3) is 10.2 Å². The average Bonchev–Trinajstić information content (AvgIpc) is 3.06. The van der Waals surface area contributed by atoms with Gasteiger partial charge in [0.25, 0.3) is 0 Å². The van der Waals surface area contributed by atoms with Gasteiger partial charge in [0.1, 0.15) is 4.83 Å². The van der Waals surface area contributed by atoms with Gasteiger partial charge in [0.15, 0.2) is 0 Å². The Labute approximate surface area is 150 Å². The van der Waals surface area contributed by atoms with Gasteiger partial charge < -0.3 is 10.1 Å². The van der Waals surface area contributed by atoms with E-state index < -0.39 is 0 Å². The molecule has 0 amide bonds. The molecule has 1 aliphatic heterocycles. The molecule has 0 aliphatic carbocycles. The minimum Gasteiger partial charge on any atom is -0.381 e. The van der Waals surface area contributed by atoms with E-state index in [9.17, 15) is 4.79 Å². The highest BCUT2D eigenvalue weighted by molar-refractivity contribution is 7.20. The molecule has 3 aromatic rings. The molecular formula is C19H19N3O2S. The number of thiophene rings is 1. The molecule has 1 saturated heterocycles. The van der Waals surface area contributed by atoms with Crippen LogP contribution in [0.1, 0.15) is 33.6 Å². The van der Waals surface area contributed by atoms with E-state index in [4.69, 9.17) is 4.74 Å². The van der Waals surface area contributed by atoms with Gasteiger partial charge in [-0.15, -0.1) is 11.3 Å². The first-order chi connectivity index (χ1) is 12.2. The van der Waals surface area contributed by atoms with E-state index in [0.717, 1.165) is 47.4 Å². The standard InChI is InChI=1S/C19H19N3O2S/c1-12-4-2-3-5-15(12)17(23)16-10-13-11-20-19(22-18(13)25-16)21-14-6-8-24-9-7-14/h2-5,10-11,14H,6-9H2,1H3,(H,20,21,22). The quantitative estimate of drug-likeness (QED) is 0.722. The molecule has 6 heteroatoms. The molecule has 0 spiro atoms. The van der Waals surface area contributed by atoms with Crippen LogP contribution in [-0.2, 0) is 4.74 Å². The Morgan fingerprint density at radius 2 is 2.08 bits per heavy atom. The lowest BCUT2D eigenvalue weighted by molar-refractivity contribution is 0.0903. The minimum absolute atomic E-state index is 0.0417. The van der Waals surface area contributed by atoms with Gasteiger partial charge in [-0.1, -0.05) is 24.3 Å². The number of nitrogens with zero attached hydrogens (tertiary/aromatic N) is 2. The molecule has 25 heavy (non-hydrogen) atoms. The lowest BCUT2D eigenvalue weighted by Crippen LogP contribution is -2.28. The van der Waals surface area contributed by atoms with Crippen molar-refractivity contribution in [1.82, 2.24) is 9.97 Å². The Balaban J connectivity index is 1.59. The Morgan fingerprint density at radius 3 is 2.88 bits per heavy atom. The van der Waals surface area contributed by atoms with E-state index in [1.54, 1.807) is 6.20 Å². The molecule has 0 bridgehead atoms. The summed E-state index contributed by atoms with van der Waals surface area (Å²) in [5, 5.41) is 4.27. The normalized spacial score (nSPS) is 15.4. The highest BCUT2D eigenvalue weighted by Gasteiger charge is 2.17. The predicted molar refractivity (Wildman–Crippen MR) is 99.5 cm³/mol. The van der Waals surface area contributed by atoms with Crippen LogP contribution in [0, 0.1) is 6.92 Å². The number of nitrogens with one attached hydrogen (secondary N) is 1. The van der Waals surface area contributed by atoms with E-state index in [0.29, 0.717) is 16.9 Å². The number of benzene rings is 1. The van der Waals surface area contributed by atoms with Crippen LogP contribution in [0.4, 0.5) is 5.95 Å². The van der Waals surface area contributed by atoms with Crippen LogP contribution in [0.15, 0.2) is 36.5 Å². The lowest BCUT2D eigenvalue weighted by Gasteiger charge is -2.22. The predicted octanol–water partition coefficient (Wildman–Crippen LogP) is 3.82. The number of hydrogen-bond donors (Lipinski definition) is 1. The van der Waals surface area contributed by atoms with Crippen LogP contribution in [0.2, 0.25) is 0 Å². The fraction of sp³-hybridized carbons (Fsp3) is 0.316. The van der Waals surface area contributed by atoms with Crippen molar-refractivity contribution in [3.8, 4) is 0 Å². The molecule has 0 radical (unpaired) electrons. The van der Waals surface area contributed by atoms with Gasteiger partial charge in [0.2, 0.25) is 11.7 Å². The van der Waals surface area contributed by atoms with E-state index in [2.05, 4.69) is 15.3 Å². The molecule has 0 atom stereocenters. The van der Waals surface area contributed by atoms with Crippen molar-refractivity contribution in [1.29, 1.82) is 0 Å². The molecule has 5 nitrogen and oxygen atoms in total. The van der Waals surface area contributed by atoms with Crippen LogP contribution in [-0.4, -0.2) is 35.0 Å². The molecule has 128 valence electrons. The molecule has 1 N–H and O–H groups in total. The van der Waals surface area contributed by atoms with Crippen LogP contribution < -0.4 is 5.32 Å². The molecule has 2 aromatic heterocycles. The second-order valence-electron chi connectivity index (χ2n) is 6.24. The van der Waals surface area contributed by atoms with Gasteiger partial charge in [-0.3, -0.25) is 4.79 Å². The minimum atomic E-state index is 0.0417. The van der Waals surface area contributed by atoms with Gasteiger partial charge in [-0.25, -0.2) is 9.97 Å². The number of ether oxygens (including phenoxy) is 1. The number of carbonyl (C=O) groups is 1. The lowest BCUT2D eigenvalue weighted by atomic mass is 10.0. The molecule has 4 rings (SSSR count). The van der Waals surface area contributed by atoms with Crippen LogP contribution >= 0.6 is 11.3 Å². The fourth-order valence-corrected chi connectivity index (χ4v) is 3.96. The zero-order chi connectivity index (χ0) is 17.2. The molecular weight excluding hydrogens is 334 g/mol. The van der Waals surface area contributed by atoms with Crippen molar-refractivity contribution in [3.63, 3.8) is 0 Å². The SMILES string of the molecule is Cc1ccccc1C(=O)c1cc2cnc(NC3CCOCC3)nc2s1. The van der Waals surface area contributed by atoms with Crippen molar-refractivity contribution in [3.05, 3.63) is 52.5 Å². The third-order valence-corrected chi connectivity index (χ3v) is 5.49. The molecule has 0 unspecified atom stereocenters. The number of hydrogen-bond acceptors (Lipinski definition) is 6. The third kappa shape index (κ3) is 3.41. The number of fused-ring (bicyclic) bond motifs is 1. The summed E-state index contributed by atoms with van der Waals surface area (Å²) in [4.78, 5) is 23.3. The van der Waals surface area contributed by atoms with Gasteiger partial charge in [0, 0.05) is 36.4 Å². The second-order valence-corrected chi connectivity index (χ2v) is 7.27. The van der Waals surface area contributed by atoms with Gasteiger partial charge in [-0.05, 0) is 31.4 Å². The first-order valence-corrected chi connectivity index (χ1v) is 9.23. The molecule has 3 heterocycles. The molecule has 1 fully saturated rings. The second kappa shape index (κ2) is 6.90. The first-order valence-electron chi connectivity index (χ1n) is 8.42. The van der Waals surface area contributed by atoms with E-state index in [-0.39, 0.29) is 5.78 Å². The summed E-state index contributed by atoms with van der Waals surface area (Å²) >= 11 is 1.42. The van der Waals surface area contributed by atoms with E-state index in [1.165, 1.54) is 11.3 Å². The highest BCUT2D eigenvalue weighted by atomic mass is 32.1. The summed E-state index contributed by atoms with van der Waals surface area (Å²) in [6.07, 6.45) is 3.71. The highest BCUT2D eigenvalue weighted by Crippen LogP contribution is 2.27. The fourth-order valence-electron chi connectivity index (χ4n) is 3.00. The van der Waals surface area contributed by atoms with Crippen molar-refractivity contribution < 1.29 is 9.53 Å². The molecule has 1 aliphatic rings. The molecule has 1 aromatic carbocycles. The van der Waals surface area contributed by atoms with E-state index in [1.807, 2.05) is 37.3 Å². The van der Waals surface area contributed by atoms with Crippen LogP contribution in [0.5, 0.6) is 0 Å². The van der Waals surface area contributed by atoms with Gasteiger partial charge in [0.05, 0.1) is 4.88 Å². The average molecular weight is 353 g/mol. The number of aromatic nitrogens is 2. The number of anilines is 1. The van der Waals surface area contributed by atoms with Crippen molar-refractivity contribution in [2.24, 2.45) is 0 Å². The van der Waals surface area contributed by atoms with Crippen molar-refractivity contribution in [2.75, 3.05) is 18.5 Å². The van der Waals surface area contributed by atoms with E-state index >= 15 is 0 Å². The van der Waals surface area contributed by atoms with Crippen molar-refractivity contribution in [2.45, 2.75) is 25.8 Å². The zero-order valence-corrected chi connectivity index (χ0v) is 14.8.